The zero-order valence-electron chi connectivity index (χ0n) is 22.3. The van der Waals surface area contributed by atoms with Crippen LogP contribution in [-0.2, 0) is 27.9 Å². The highest BCUT2D eigenvalue weighted by Gasteiger charge is 2.23. The Kier molecular flexibility index (Phi) is 9.89. The molecule has 3 aromatic rings. The van der Waals surface area contributed by atoms with Crippen LogP contribution in [0, 0.1) is 5.82 Å². The van der Waals surface area contributed by atoms with Crippen molar-refractivity contribution < 1.29 is 22.4 Å². The highest BCUT2D eigenvalue weighted by atomic mass is 35.5. The minimum Gasteiger partial charge on any atom is -0.312 e. The number of aromatic nitrogens is 1. The van der Waals surface area contributed by atoms with E-state index in [4.69, 9.17) is 11.6 Å². The van der Waals surface area contributed by atoms with Crippen molar-refractivity contribution in [3.8, 4) is 0 Å². The van der Waals surface area contributed by atoms with Gasteiger partial charge in [0.2, 0.25) is 5.91 Å². The van der Waals surface area contributed by atoms with Crippen molar-refractivity contribution >= 4 is 39.1 Å². The van der Waals surface area contributed by atoms with Crippen LogP contribution in [-0.4, -0.2) is 43.2 Å². The lowest BCUT2D eigenvalue weighted by atomic mass is 10.0. The molecule has 0 aliphatic carbocycles. The third kappa shape index (κ3) is 7.65. The minimum atomic E-state index is -4.31. The molecule has 0 saturated carbocycles. The zero-order chi connectivity index (χ0) is 28.7. The van der Waals surface area contributed by atoms with E-state index in [9.17, 15) is 22.4 Å². The first kappa shape index (κ1) is 29.6. The molecule has 8 nitrogen and oxygen atoms in total. The fourth-order valence-electron chi connectivity index (χ4n) is 4.79. The van der Waals surface area contributed by atoms with Gasteiger partial charge in [0.1, 0.15) is 5.82 Å². The first-order valence-electron chi connectivity index (χ1n) is 13.2. The second-order valence-corrected chi connectivity index (χ2v) is 12.0. The maximum absolute atomic E-state index is 13.5. The summed E-state index contributed by atoms with van der Waals surface area (Å²) in [5, 5.41) is -0.367. The maximum Gasteiger partial charge on any atom is 0.265 e. The monoisotopic (exact) mass is 586 g/mol. The quantitative estimate of drug-likeness (QED) is 0.435. The number of anilines is 1. The van der Waals surface area contributed by atoms with Gasteiger partial charge in [-0.15, -0.1) is 0 Å². The third-order valence-electron chi connectivity index (χ3n) is 6.82. The molecule has 1 aromatic heterocycles. The number of benzene rings is 2. The van der Waals surface area contributed by atoms with Crippen molar-refractivity contribution in [2.24, 2.45) is 0 Å². The third-order valence-corrected chi connectivity index (χ3v) is 8.44. The molecule has 1 aliphatic heterocycles. The van der Waals surface area contributed by atoms with Crippen LogP contribution < -0.4 is 9.62 Å². The molecular formula is C29H32ClFN4O4S. The Balaban J connectivity index is 1.68. The van der Waals surface area contributed by atoms with Crippen LogP contribution >= 0.6 is 11.6 Å². The fourth-order valence-corrected chi connectivity index (χ4v) is 6.03. The number of sulfonamides is 1. The van der Waals surface area contributed by atoms with Crippen molar-refractivity contribution in [2.75, 3.05) is 18.0 Å². The number of halogens is 2. The molecule has 0 fully saturated rings. The van der Waals surface area contributed by atoms with Gasteiger partial charge in [-0.25, -0.2) is 17.5 Å². The molecule has 1 N–H and O–H groups in total. The van der Waals surface area contributed by atoms with Crippen LogP contribution in [0.25, 0.3) is 0 Å². The van der Waals surface area contributed by atoms with Gasteiger partial charge < -0.3 is 4.90 Å². The van der Waals surface area contributed by atoms with Crippen molar-refractivity contribution in [3.63, 3.8) is 0 Å². The van der Waals surface area contributed by atoms with Gasteiger partial charge in [0.15, 0.2) is 0 Å². The summed E-state index contributed by atoms with van der Waals surface area (Å²) in [7, 11) is -4.31. The van der Waals surface area contributed by atoms with E-state index in [-0.39, 0.29) is 21.4 Å². The van der Waals surface area contributed by atoms with Gasteiger partial charge in [0.25, 0.3) is 15.9 Å². The molecule has 2 aromatic carbocycles. The van der Waals surface area contributed by atoms with Crippen LogP contribution in [0.15, 0.2) is 65.8 Å². The van der Waals surface area contributed by atoms with Crippen LogP contribution in [0.4, 0.5) is 10.1 Å². The summed E-state index contributed by atoms with van der Waals surface area (Å²) in [6, 6.07) is 11.6. The normalized spacial score (nSPS) is 15.4. The van der Waals surface area contributed by atoms with Crippen LogP contribution in [0.2, 0.25) is 5.02 Å². The molecule has 0 bridgehead atoms. The largest absolute Gasteiger partial charge is 0.312 e. The number of amides is 2. The number of hydrogen-bond acceptors (Lipinski definition) is 6. The minimum absolute atomic E-state index is 0.106. The van der Waals surface area contributed by atoms with Crippen LogP contribution in [0.1, 0.15) is 60.5 Å². The lowest BCUT2D eigenvalue weighted by Gasteiger charge is -2.29. The van der Waals surface area contributed by atoms with Gasteiger partial charge >= 0.3 is 0 Å². The topological polar surface area (TPSA) is 99.7 Å². The van der Waals surface area contributed by atoms with E-state index in [1.165, 1.54) is 13.0 Å². The molecule has 2 heterocycles. The van der Waals surface area contributed by atoms with E-state index in [0.717, 1.165) is 68.0 Å². The van der Waals surface area contributed by atoms with Crippen LogP contribution in [0.5, 0.6) is 0 Å². The summed E-state index contributed by atoms with van der Waals surface area (Å²) in [6.45, 7) is 3.95. The maximum atomic E-state index is 13.5. The Hall–Kier alpha value is -3.34. The van der Waals surface area contributed by atoms with Gasteiger partial charge in [0.05, 0.1) is 9.92 Å². The molecule has 212 valence electrons. The number of pyridine rings is 1. The van der Waals surface area contributed by atoms with Gasteiger partial charge in [-0.2, -0.15) is 0 Å². The van der Waals surface area contributed by atoms with Crippen molar-refractivity contribution in [1.29, 1.82) is 0 Å². The van der Waals surface area contributed by atoms with E-state index < -0.39 is 21.7 Å². The molecule has 11 heteroatoms. The SMILES string of the molecule is CC(=O)N1CCCCCCCN(Cc2cccnc2)Cc2cc(C(=O)NS(=O)(=O)c3ccc(F)c(Cl)c3)ccc21. The van der Waals surface area contributed by atoms with E-state index in [1.807, 2.05) is 23.1 Å². The Morgan fingerprint density at radius 2 is 1.77 bits per heavy atom. The standard InChI is InChI=1S/C29H32ClFN4O4S/c1-21(36)35-15-6-4-2-3-5-14-34(19-22-8-7-13-32-18-22)20-24-16-23(9-12-28(24)35)29(37)33-40(38,39)25-10-11-27(31)26(30)17-25/h7-13,16-18H,2-6,14-15,19-20H2,1H3,(H,33,37). The molecule has 0 atom stereocenters. The molecule has 40 heavy (non-hydrogen) atoms. The first-order valence-corrected chi connectivity index (χ1v) is 15.0. The Bertz CT molecular complexity index is 1470. The number of carbonyl (C=O) groups excluding carboxylic acids is 2. The summed E-state index contributed by atoms with van der Waals surface area (Å²) < 4.78 is 41.3. The number of carbonyl (C=O) groups is 2. The molecular weight excluding hydrogens is 555 g/mol. The molecule has 2 amide bonds. The Labute approximate surface area is 239 Å². The number of hydrogen-bond donors (Lipinski definition) is 1. The molecule has 4 rings (SSSR count). The van der Waals surface area contributed by atoms with Crippen molar-refractivity contribution in [3.05, 3.63) is 88.5 Å². The smallest absolute Gasteiger partial charge is 0.265 e. The molecule has 1 aliphatic rings. The highest BCUT2D eigenvalue weighted by molar-refractivity contribution is 7.90. The lowest BCUT2D eigenvalue weighted by molar-refractivity contribution is -0.116. The highest BCUT2D eigenvalue weighted by Crippen LogP contribution is 2.27. The van der Waals surface area contributed by atoms with E-state index in [0.29, 0.717) is 25.3 Å². The predicted octanol–water partition coefficient (Wildman–Crippen LogP) is 5.31. The van der Waals surface area contributed by atoms with Gasteiger partial charge in [0, 0.05) is 50.2 Å². The average Bonchev–Trinajstić information content (AvgIpc) is 2.91. The van der Waals surface area contributed by atoms with Crippen molar-refractivity contribution in [2.45, 2.75) is 57.0 Å². The average molecular weight is 587 g/mol. The second kappa shape index (κ2) is 13.3. The second-order valence-electron chi connectivity index (χ2n) is 9.86. The van der Waals surface area contributed by atoms with Crippen molar-refractivity contribution in [1.82, 2.24) is 14.6 Å². The summed E-state index contributed by atoms with van der Waals surface area (Å²) in [4.78, 5) is 33.7. The van der Waals surface area contributed by atoms with E-state index in [1.54, 1.807) is 23.2 Å². The summed E-state index contributed by atoms with van der Waals surface area (Å²) in [5.74, 6) is -1.72. The molecule has 0 spiro atoms. The molecule has 0 radical (unpaired) electrons. The molecule has 0 saturated heterocycles. The number of rotatable bonds is 5. The van der Waals surface area contributed by atoms with E-state index >= 15 is 0 Å². The summed E-state index contributed by atoms with van der Waals surface area (Å²) in [6.07, 6.45) is 8.57. The van der Waals surface area contributed by atoms with Crippen LogP contribution in [0.3, 0.4) is 0 Å². The van der Waals surface area contributed by atoms with Gasteiger partial charge in [-0.1, -0.05) is 36.9 Å². The fraction of sp³-hybridized carbons (Fsp3) is 0.345. The zero-order valence-corrected chi connectivity index (χ0v) is 23.8. The summed E-state index contributed by atoms with van der Waals surface area (Å²) in [5.41, 5.74) is 2.58. The number of nitrogens with zero attached hydrogens (tertiary/aromatic N) is 3. The van der Waals surface area contributed by atoms with Gasteiger partial charge in [-0.3, -0.25) is 19.5 Å². The summed E-state index contributed by atoms with van der Waals surface area (Å²) >= 11 is 5.75. The lowest BCUT2D eigenvalue weighted by Crippen LogP contribution is -2.33. The number of nitrogens with one attached hydrogen (secondary N) is 1. The van der Waals surface area contributed by atoms with E-state index in [2.05, 4.69) is 9.88 Å². The Morgan fingerprint density at radius 1 is 1.02 bits per heavy atom. The first-order chi connectivity index (χ1) is 19.1. The Morgan fingerprint density at radius 3 is 2.48 bits per heavy atom. The molecule has 0 unspecified atom stereocenters. The number of fused-ring (bicyclic) bond motifs is 1. The predicted molar refractivity (Wildman–Crippen MR) is 152 cm³/mol. The van der Waals surface area contributed by atoms with Gasteiger partial charge in [-0.05, 0) is 73.0 Å².